The van der Waals surface area contributed by atoms with E-state index >= 15 is 0 Å². The van der Waals surface area contributed by atoms with E-state index in [9.17, 15) is 19.7 Å². The molecule has 0 unspecified atom stereocenters. The summed E-state index contributed by atoms with van der Waals surface area (Å²) in [5.41, 5.74) is -0.0491. The summed E-state index contributed by atoms with van der Waals surface area (Å²) in [5, 5.41) is 13.3. The van der Waals surface area contributed by atoms with Crippen LogP contribution in [0.1, 0.15) is 23.2 Å². The van der Waals surface area contributed by atoms with Gasteiger partial charge in [-0.25, -0.2) is 0 Å². The molecule has 1 N–H and O–H groups in total. The van der Waals surface area contributed by atoms with Crippen LogP contribution in [-0.2, 0) is 4.79 Å². The minimum absolute atomic E-state index is 0.103. The van der Waals surface area contributed by atoms with Crippen molar-refractivity contribution in [3.63, 3.8) is 0 Å². The van der Waals surface area contributed by atoms with E-state index in [1.165, 1.54) is 18.2 Å². The van der Waals surface area contributed by atoms with Crippen molar-refractivity contribution in [2.75, 3.05) is 19.6 Å². The number of hydrogen-bond donors (Lipinski definition) is 1. The number of halogens is 1. The molecule has 0 aromatic heterocycles. The number of carbonyl (C=O) groups is 2. The predicted octanol–water partition coefficient (Wildman–Crippen LogP) is 1.71. The molecule has 1 aromatic carbocycles. The normalized spacial score (nSPS) is 14.0. The topological polar surface area (TPSA) is 92.6 Å². The van der Waals surface area contributed by atoms with Crippen LogP contribution >= 0.6 is 15.9 Å². The molecule has 0 aliphatic carbocycles. The van der Waals surface area contributed by atoms with E-state index in [4.69, 9.17) is 0 Å². The van der Waals surface area contributed by atoms with Gasteiger partial charge in [-0.15, -0.1) is 0 Å². The van der Waals surface area contributed by atoms with Gasteiger partial charge in [-0.1, -0.05) is 6.07 Å². The van der Waals surface area contributed by atoms with Gasteiger partial charge in [0.05, 0.1) is 17.0 Å². The lowest BCUT2D eigenvalue weighted by atomic mass is 10.2. The van der Waals surface area contributed by atoms with Gasteiger partial charge in [0.25, 0.3) is 11.6 Å². The highest BCUT2D eigenvalue weighted by Gasteiger charge is 2.21. The second-order valence-corrected chi connectivity index (χ2v) is 5.46. The quantitative estimate of drug-likeness (QED) is 0.657. The Kier molecular flexibility index (Phi) is 4.89. The monoisotopic (exact) mass is 355 g/mol. The van der Waals surface area contributed by atoms with Crippen LogP contribution in [0.25, 0.3) is 0 Å². The third-order valence-corrected chi connectivity index (χ3v) is 4.11. The molecule has 21 heavy (non-hydrogen) atoms. The van der Waals surface area contributed by atoms with Gasteiger partial charge >= 0.3 is 0 Å². The average Bonchev–Trinajstić information content (AvgIpc) is 2.98. The molecule has 0 radical (unpaired) electrons. The van der Waals surface area contributed by atoms with Crippen molar-refractivity contribution in [2.45, 2.75) is 12.8 Å². The number of nitro benzene ring substituents is 1. The average molecular weight is 356 g/mol. The molecule has 1 heterocycles. The summed E-state index contributed by atoms with van der Waals surface area (Å²) < 4.78 is 0.112. The van der Waals surface area contributed by atoms with Gasteiger partial charge in [-0.05, 0) is 34.8 Å². The van der Waals surface area contributed by atoms with Crippen LogP contribution in [0.15, 0.2) is 22.7 Å². The molecule has 1 saturated heterocycles. The fourth-order valence-electron chi connectivity index (χ4n) is 2.17. The number of nitrogens with one attached hydrogen (secondary N) is 1. The predicted molar refractivity (Wildman–Crippen MR) is 78.9 cm³/mol. The Bertz CT molecular complexity index is 585. The second-order valence-electron chi connectivity index (χ2n) is 4.67. The van der Waals surface area contributed by atoms with Crippen LogP contribution in [0.3, 0.4) is 0 Å². The highest BCUT2D eigenvalue weighted by Crippen LogP contribution is 2.28. The second kappa shape index (κ2) is 6.66. The third-order valence-electron chi connectivity index (χ3n) is 3.28. The van der Waals surface area contributed by atoms with Crippen molar-refractivity contribution in [1.29, 1.82) is 0 Å². The molecule has 0 atom stereocenters. The molecule has 112 valence electrons. The molecular formula is C13H14BrN3O4. The van der Waals surface area contributed by atoms with Gasteiger partial charge in [0.1, 0.15) is 4.47 Å². The van der Waals surface area contributed by atoms with Crippen LogP contribution in [0, 0.1) is 10.1 Å². The van der Waals surface area contributed by atoms with Crippen molar-refractivity contribution in [1.82, 2.24) is 10.2 Å². The Morgan fingerprint density at radius 1 is 1.33 bits per heavy atom. The first kappa shape index (κ1) is 15.4. The van der Waals surface area contributed by atoms with Gasteiger partial charge in [0.2, 0.25) is 5.91 Å². The zero-order valence-electron chi connectivity index (χ0n) is 11.2. The van der Waals surface area contributed by atoms with Crippen LogP contribution in [0.5, 0.6) is 0 Å². The lowest BCUT2D eigenvalue weighted by Gasteiger charge is -2.15. The fraction of sp³-hybridized carbons (Fsp3) is 0.385. The maximum absolute atomic E-state index is 12.0. The van der Waals surface area contributed by atoms with E-state index in [2.05, 4.69) is 21.2 Å². The number of carbonyl (C=O) groups excluding carboxylic acids is 2. The molecule has 8 heteroatoms. The highest BCUT2D eigenvalue weighted by atomic mass is 79.9. The van der Waals surface area contributed by atoms with Gasteiger partial charge in [0.15, 0.2) is 0 Å². The summed E-state index contributed by atoms with van der Waals surface area (Å²) in [4.78, 5) is 35.8. The number of rotatable bonds is 4. The summed E-state index contributed by atoms with van der Waals surface area (Å²) in [6, 6.07) is 4.20. The van der Waals surface area contributed by atoms with Gasteiger partial charge in [-0.2, -0.15) is 0 Å². The highest BCUT2D eigenvalue weighted by molar-refractivity contribution is 9.10. The standard InChI is InChI=1S/C13H14BrN3O4/c14-12-9(4-3-5-10(12)17(20)21)13(19)15-8-11(18)16-6-1-2-7-16/h3-5H,1-2,6-8H2,(H,15,19). The summed E-state index contributed by atoms with van der Waals surface area (Å²) in [6.07, 6.45) is 1.96. The molecule has 0 saturated carbocycles. The van der Waals surface area contributed by atoms with E-state index < -0.39 is 10.8 Å². The molecule has 1 aliphatic heterocycles. The van der Waals surface area contributed by atoms with E-state index in [0.717, 1.165) is 25.9 Å². The maximum Gasteiger partial charge on any atom is 0.284 e. The Morgan fingerprint density at radius 3 is 2.62 bits per heavy atom. The smallest absolute Gasteiger partial charge is 0.284 e. The van der Waals surface area contributed by atoms with Crippen molar-refractivity contribution in [2.24, 2.45) is 0 Å². The minimum atomic E-state index is -0.573. The summed E-state index contributed by atoms with van der Waals surface area (Å²) in [7, 11) is 0. The minimum Gasteiger partial charge on any atom is -0.343 e. The van der Waals surface area contributed by atoms with Crippen molar-refractivity contribution >= 4 is 33.4 Å². The first-order valence-corrected chi connectivity index (χ1v) is 7.29. The lowest BCUT2D eigenvalue weighted by molar-refractivity contribution is -0.385. The summed E-state index contributed by atoms with van der Waals surface area (Å²) >= 11 is 3.06. The number of likely N-dealkylation sites (tertiary alicyclic amines) is 1. The first-order valence-electron chi connectivity index (χ1n) is 6.49. The number of amides is 2. The number of nitrogens with zero attached hydrogens (tertiary/aromatic N) is 2. The van der Waals surface area contributed by atoms with Gasteiger partial charge in [0, 0.05) is 19.2 Å². The van der Waals surface area contributed by atoms with Crippen LogP contribution in [-0.4, -0.2) is 41.3 Å². The fourth-order valence-corrected chi connectivity index (χ4v) is 2.75. The lowest BCUT2D eigenvalue weighted by Crippen LogP contribution is -2.38. The van der Waals surface area contributed by atoms with Gasteiger partial charge in [-0.3, -0.25) is 19.7 Å². The first-order chi connectivity index (χ1) is 10.0. The zero-order chi connectivity index (χ0) is 15.4. The molecule has 0 bridgehead atoms. The SMILES string of the molecule is O=C(NCC(=O)N1CCCC1)c1cccc([N+](=O)[O-])c1Br. The van der Waals surface area contributed by atoms with E-state index in [1.54, 1.807) is 4.90 Å². The summed E-state index contributed by atoms with van der Waals surface area (Å²) in [6.45, 7) is 1.33. The molecular weight excluding hydrogens is 342 g/mol. The van der Waals surface area contributed by atoms with Crippen molar-refractivity contribution in [3.05, 3.63) is 38.3 Å². The van der Waals surface area contributed by atoms with Crippen LogP contribution < -0.4 is 5.32 Å². The molecule has 1 aliphatic rings. The van der Waals surface area contributed by atoms with Crippen LogP contribution in [0.4, 0.5) is 5.69 Å². The van der Waals surface area contributed by atoms with E-state index in [-0.39, 0.29) is 28.2 Å². The van der Waals surface area contributed by atoms with E-state index in [0.29, 0.717) is 0 Å². The Balaban J connectivity index is 2.02. The Hall–Kier alpha value is -1.96. The molecule has 7 nitrogen and oxygen atoms in total. The molecule has 1 aromatic rings. The Labute approximate surface area is 129 Å². The molecule has 2 amide bonds. The molecule has 1 fully saturated rings. The zero-order valence-corrected chi connectivity index (χ0v) is 12.8. The van der Waals surface area contributed by atoms with Crippen LogP contribution in [0.2, 0.25) is 0 Å². The maximum atomic E-state index is 12.0. The van der Waals surface area contributed by atoms with E-state index in [1.807, 2.05) is 0 Å². The summed E-state index contributed by atoms with van der Waals surface area (Å²) in [5.74, 6) is -0.652. The molecule has 2 rings (SSSR count). The Morgan fingerprint density at radius 2 is 2.00 bits per heavy atom. The third kappa shape index (κ3) is 3.57. The number of nitro groups is 1. The van der Waals surface area contributed by atoms with Crippen molar-refractivity contribution < 1.29 is 14.5 Å². The number of benzene rings is 1. The molecule has 0 spiro atoms. The van der Waals surface area contributed by atoms with Gasteiger partial charge < -0.3 is 10.2 Å². The number of hydrogen-bond acceptors (Lipinski definition) is 4. The largest absolute Gasteiger partial charge is 0.343 e. The van der Waals surface area contributed by atoms with Crippen molar-refractivity contribution in [3.8, 4) is 0 Å².